The second-order valence-electron chi connectivity index (χ2n) is 12.4. The Kier molecular flexibility index (Phi) is 12.5. The summed E-state index contributed by atoms with van der Waals surface area (Å²) in [6.07, 6.45) is 4.90. The third kappa shape index (κ3) is 9.72. The van der Waals surface area contributed by atoms with Crippen LogP contribution >= 0.6 is 38.6 Å². The highest BCUT2D eigenvalue weighted by molar-refractivity contribution is 9.10. The average Bonchev–Trinajstić information content (AvgIpc) is 3.85. The normalized spacial score (nSPS) is 11.9. The number of rotatable bonds is 12. The molecule has 14 heteroatoms. The van der Waals surface area contributed by atoms with Crippen molar-refractivity contribution in [2.45, 2.75) is 24.7 Å². The number of aromatic nitrogens is 6. The van der Waals surface area contributed by atoms with Crippen molar-refractivity contribution in [1.29, 1.82) is 10.5 Å². The molecule has 4 heterocycles. The molecule has 4 aromatic carbocycles. The lowest BCUT2D eigenvalue weighted by atomic mass is 10.1. The molecule has 8 rings (SSSR count). The van der Waals surface area contributed by atoms with Gasteiger partial charge in [0.25, 0.3) is 0 Å². The summed E-state index contributed by atoms with van der Waals surface area (Å²) < 4.78 is 16.2. The van der Waals surface area contributed by atoms with E-state index < -0.39 is 11.8 Å². The molecule has 0 aliphatic carbocycles. The van der Waals surface area contributed by atoms with Gasteiger partial charge in [-0.05, 0) is 84.6 Å². The number of halogens is 2. The van der Waals surface area contributed by atoms with Crippen molar-refractivity contribution < 1.29 is 4.39 Å². The van der Waals surface area contributed by atoms with Gasteiger partial charge in [-0.3, -0.25) is 0 Å². The second kappa shape index (κ2) is 18.4. The maximum atomic E-state index is 13.0. The van der Waals surface area contributed by atoms with Crippen molar-refractivity contribution in [3.05, 3.63) is 164 Å². The third-order valence-electron chi connectivity index (χ3n) is 8.54. The Morgan fingerprint density at radius 1 is 0.589 bits per heavy atom. The van der Waals surface area contributed by atoms with E-state index in [1.807, 2.05) is 60.7 Å². The molecule has 0 aliphatic rings. The van der Waals surface area contributed by atoms with Gasteiger partial charge in [-0.15, -0.1) is 22.7 Å². The molecule has 2 N–H and O–H groups in total. The van der Waals surface area contributed by atoms with Gasteiger partial charge in [-0.25, -0.2) is 34.3 Å². The van der Waals surface area contributed by atoms with Gasteiger partial charge in [-0.1, -0.05) is 64.5 Å². The summed E-state index contributed by atoms with van der Waals surface area (Å²) in [5.41, 5.74) is 5.31. The quantitative estimate of drug-likeness (QED) is 0.122. The zero-order chi connectivity index (χ0) is 38.7. The first-order valence-corrected chi connectivity index (χ1v) is 20.0. The average molecular weight is 840 g/mol. The van der Waals surface area contributed by atoms with E-state index >= 15 is 0 Å². The van der Waals surface area contributed by atoms with Crippen LogP contribution in [0.3, 0.4) is 0 Å². The Hall–Kier alpha value is -6.19. The van der Waals surface area contributed by atoms with Gasteiger partial charge >= 0.3 is 0 Å². The third-order valence-corrected chi connectivity index (χ3v) is 11.3. The molecule has 0 amide bonds. The van der Waals surface area contributed by atoms with E-state index in [4.69, 9.17) is 0 Å². The van der Waals surface area contributed by atoms with Crippen LogP contribution < -0.4 is 10.6 Å². The van der Waals surface area contributed by atoms with Crippen LogP contribution in [-0.2, 0) is 12.8 Å². The lowest BCUT2D eigenvalue weighted by molar-refractivity contribution is 0.627. The number of thiazole rings is 2. The summed E-state index contributed by atoms with van der Waals surface area (Å²) in [4.78, 5) is 26.8. The number of fused-ring (bicyclic) bond motifs is 2. The van der Waals surface area contributed by atoms with Crippen molar-refractivity contribution in [2.24, 2.45) is 0 Å². The molecule has 0 radical (unpaired) electrons. The maximum Gasteiger partial charge on any atom is 0.222 e. The summed E-state index contributed by atoms with van der Waals surface area (Å²) in [6.45, 7) is 1.32. The smallest absolute Gasteiger partial charge is 0.222 e. The Labute approximate surface area is 339 Å². The molecule has 2 atom stereocenters. The Balaban J connectivity index is 0.000000172. The number of benzene rings is 4. The molecular formula is C42H32BrFN10S2. The fourth-order valence-electron chi connectivity index (χ4n) is 5.70. The van der Waals surface area contributed by atoms with Gasteiger partial charge in [0.05, 0.1) is 44.0 Å². The number of hydrogen-bond acceptors (Lipinski definition) is 12. The molecule has 0 fully saturated rings. The Bertz CT molecular complexity index is 2390. The monoisotopic (exact) mass is 838 g/mol. The van der Waals surface area contributed by atoms with Crippen molar-refractivity contribution in [3.8, 4) is 12.1 Å². The molecule has 56 heavy (non-hydrogen) atoms. The zero-order valence-electron chi connectivity index (χ0n) is 29.7. The molecule has 0 bridgehead atoms. The number of nitriles is 2. The van der Waals surface area contributed by atoms with Crippen LogP contribution in [0.4, 0.5) is 16.3 Å². The molecule has 4 aromatic heterocycles. The van der Waals surface area contributed by atoms with E-state index in [0.717, 1.165) is 46.9 Å². The molecule has 8 aromatic rings. The zero-order valence-corrected chi connectivity index (χ0v) is 32.9. The van der Waals surface area contributed by atoms with Gasteiger partial charge in [0.1, 0.15) is 27.7 Å². The number of nitrogens with one attached hydrogen (secondary N) is 2. The minimum absolute atomic E-state index is 0.245. The van der Waals surface area contributed by atoms with Gasteiger partial charge in [0.2, 0.25) is 11.9 Å². The van der Waals surface area contributed by atoms with Crippen molar-refractivity contribution in [1.82, 2.24) is 29.9 Å². The molecule has 2 unspecified atom stereocenters. The van der Waals surface area contributed by atoms with E-state index in [9.17, 15) is 14.9 Å². The molecule has 0 saturated heterocycles. The summed E-state index contributed by atoms with van der Waals surface area (Å²) in [6, 6.07) is 38.5. The predicted octanol–water partition coefficient (Wildman–Crippen LogP) is 9.69. The van der Waals surface area contributed by atoms with Crippen LogP contribution in [0.2, 0.25) is 0 Å². The minimum Gasteiger partial charge on any atom is -0.354 e. The largest absolute Gasteiger partial charge is 0.354 e. The van der Waals surface area contributed by atoms with E-state index in [2.05, 4.69) is 80.7 Å². The second-order valence-corrected chi connectivity index (χ2v) is 15.4. The number of hydrogen-bond donors (Lipinski definition) is 2. The Morgan fingerprint density at radius 3 is 1.48 bits per heavy atom. The van der Waals surface area contributed by atoms with Crippen molar-refractivity contribution >= 4 is 70.9 Å². The number of anilines is 2. The highest BCUT2D eigenvalue weighted by Gasteiger charge is 2.21. The van der Waals surface area contributed by atoms with Crippen LogP contribution in [0.1, 0.15) is 44.4 Å². The fourth-order valence-corrected chi connectivity index (χ4v) is 8.01. The topological polar surface area (TPSA) is 149 Å². The number of para-hydroxylation sites is 2. The lowest BCUT2D eigenvalue weighted by Gasteiger charge is -2.09. The lowest BCUT2D eigenvalue weighted by Crippen LogP contribution is -2.10. The summed E-state index contributed by atoms with van der Waals surface area (Å²) >= 11 is 6.47. The summed E-state index contributed by atoms with van der Waals surface area (Å²) in [7, 11) is 0. The van der Waals surface area contributed by atoms with Crippen LogP contribution in [0.15, 0.2) is 126 Å². The molecule has 0 aliphatic heterocycles. The van der Waals surface area contributed by atoms with Crippen LogP contribution in [0.5, 0.6) is 0 Å². The SMILES string of the molecule is N#CC(c1ccnc(NCCc2ccc(Br)cc2)n1)c1nc2ccccc2s1.N#CC(c1ccnc(NCCc2ccc(F)cc2)n1)c1nc2ccccc2s1. The standard InChI is InChI=1S/C21H16BrN5S.C21H16FN5S/c2*22-15-7-5-14(6-8-15)9-11-24-21-25-12-10-17(27-21)16(13-23)20-26-18-3-1-2-4-19(18)28-20/h2*1-8,10,12,16H,9,11H2,(H,24,25,27). The first kappa shape index (κ1) is 38.1. The van der Waals surface area contributed by atoms with Gasteiger partial charge in [0.15, 0.2) is 0 Å². The van der Waals surface area contributed by atoms with E-state index in [1.54, 1.807) is 36.7 Å². The highest BCUT2D eigenvalue weighted by Crippen LogP contribution is 2.32. The predicted molar refractivity (Wildman–Crippen MR) is 223 cm³/mol. The fraction of sp³-hybridized carbons (Fsp3) is 0.143. The van der Waals surface area contributed by atoms with Crippen molar-refractivity contribution in [2.75, 3.05) is 23.7 Å². The Morgan fingerprint density at radius 2 is 1.04 bits per heavy atom. The van der Waals surface area contributed by atoms with Crippen LogP contribution in [-0.4, -0.2) is 43.0 Å². The van der Waals surface area contributed by atoms with Crippen LogP contribution in [0.25, 0.3) is 20.4 Å². The van der Waals surface area contributed by atoms with Gasteiger partial charge in [-0.2, -0.15) is 10.5 Å². The maximum absolute atomic E-state index is 13.0. The highest BCUT2D eigenvalue weighted by atomic mass is 79.9. The van der Waals surface area contributed by atoms with E-state index in [-0.39, 0.29) is 5.82 Å². The van der Waals surface area contributed by atoms with E-state index in [1.165, 1.54) is 40.4 Å². The van der Waals surface area contributed by atoms with E-state index in [0.29, 0.717) is 42.8 Å². The van der Waals surface area contributed by atoms with Crippen molar-refractivity contribution in [3.63, 3.8) is 0 Å². The number of nitrogens with zero attached hydrogens (tertiary/aromatic N) is 8. The molecule has 276 valence electrons. The van der Waals surface area contributed by atoms with Gasteiger partial charge in [0, 0.05) is 30.0 Å². The first-order chi connectivity index (χ1) is 27.4. The molecule has 0 saturated carbocycles. The molecule has 10 nitrogen and oxygen atoms in total. The molecule has 0 spiro atoms. The summed E-state index contributed by atoms with van der Waals surface area (Å²) in [5, 5.41) is 27.3. The van der Waals surface area contributed by atoms with Gasteiger partial charge < -0.3 is 10.6 Å². The molecular weight excluding hydrogens is 808 g/mol. The summed E-state index contributed by atoms with van der Waals surface area (Å²) in [5.74, 6) is -0.312. The first-order valence-electron chi connectivity index (χ1n) is 17.6. The van der Waals surface area contributed by atoms with Crippen LogP contribution in [0, 0.1) is 28.5 Å². The minimum atomic E-state index is -0.543.